The Morgan fingerprint density at radius 1 is 0.341 bits per heavy atom. The van der Waals surface area contributed by atoms with E-state index in [-0.39, 0.29) is 0 Å². The monoisotopic (exact) mass is 714 g/mol. The van der Waals surface area contributed by atoms with E-state index in [1.807, 2.05) is 0 Å². The molecule has 0 aromatic carbocycles. The maximum absolute atomic E-state index is 11.8. The van der Waals surface area contributed by atoms with Crippen LogP contribution in [0.25, 0.3) is 0 Å². The number of phosphoric ester groups is 5. The smallest absolute Gasteiger partial charge is 0.388 e. The van der Waals surface area contributed by atoms with Gasteiger partial charge in [-0.2, -0.15) is 0 Å². The predicted molar refractivity (Wildman–Crippen MR) is 125 cm³/mol. The third-order valence-corrected chi connectivity index (χ3v) is 7.27. The average Bonchev–Trinajstić information content (AvgIpc) is 2.83. The van der Waals surface area contributed by atoms with E-state index in [4.69, 9.17) is 19.6 Å². The van der Waals surface area contributed by atoms with E-state index >= 15 is 0 Å². The van der Waals surface area contributed by atoms with Crippen molar-refractivity contribution in [1.29, 1.82) is 0 Å². The van der Waals surface area contributed by atoms with Crippen LogP contribution in [0.15, 0.2) is 0 Å². The Kier molecular flexibility index (Phi) is 18.6. The number of rotatable bonds is 24. The van der Waals surface area contributed by atoms with E-state index in [2.05, 4.69) is 36.2 Å². The molecule has 0 amide bonds. The summed E-state index contributed by atoms with van der Waals surface area (Å²) in [5.74, 6) is 0. The van der Waals surface area contributed by atoms with Gasteiger partial charge in [0.25, 0.3) is 0 Å². The minimum Gasteiger partial charge on any atom is -0.388 e. The fourth-order valence-corrected chi connectivity index (χ4v) is 4.87. The van der Waals surface area contributed by atoms with Crippen molar-refractivity contribution in [3.8, 4) is 0 Å². The molecule has 0 saturated heterocycles. The molecular weight excluding hydrogens is 683 g/mol. The highest BCUT2D eigenvalue weighted by Crippen LogP contribution is 2.46. The largest absolute Gasteiger partial charge is 0.472 e. The van der Waals surface area contributed by atoms with Crippen molar-refractivity contribution in [3.63, 3.8) is 0 Å². The van der Waals surface area contributed by atoms with Gasteiger partial charge in [-0.15, -0.1) is 0 Å². The molecule has 248 valence electrons. The summed E-state index contributed by atoms with van der Waals surface area (Å²) < 4.78 is 90.0. The number of hydrogen-bond acceptors (Lipinski definition) is 17. The lowest BCUT2D eigenvalue weighted by atomic mass is 10.4. The van der Waals surface area contributed by atoms with Crippen LogP contribution in [-0.4, -0.2) is 132 Å². The summed E-state index contributed by atoms with van der Waals surface area (Å²) in [4.78, 5) is 62.3. The van der Waals surface area contributed by atoms with Crippen LogP contribution in [0.3, 0.4) is 0 Å². The third kappa shape index (κ3) is 25.4. The van der Waals surface area contributed by atoms with Gasteiger partial charge in [0.15, 0.2) is 0 Å². The lowest BCUT2D eigenvalue weighted by molar-refractivity contribution is 0.00316. The van der Waals surface area contributed by atoms with Gasteiger partial charge in [0.1, 0.15) is 24.4 Å². The highest BCUT2D eigenvalue weighted by atomic mass is 31.2. The van der Waals surface area contributed by atoms with Crippen molar-refractivity contribution in [2.75, 3.05) is 52.9 Å². The summed E-state index contributed by atoms with van der Waals surface area (Å²) in [5.41, 5.74) is 0. The second kappa shape index (κ2) is 18.4. The van der Waals surface area contributed by atoms with Crippen LogP contribution in [0.5, 0.6) is 0 Å². The Hall–Kier alpha value is 0.390. The second-order valence-electron chi connectivity index (χ2n) is 7.37. The molecule has 11 N–H and O–H groups in total. The lowest BCUT2D eigenvalue weighted by Gasteiger charge is -2.19. The summed E-state index contributed by atoms with van der Waals surface area (Å²) in [6, 6.07) is 0. The molecule has 0 aliphatic heterocycles. The van der Waals surface area contributed by atoms with Crippen LogP contribution in [-0.2, 0) is 59.0 Å². The SMILES string of the molecule is O=P(O)(O)OCC(O)COP(=O)(O)OCC(O)COP(=O)(O)OCC(O)COP(=O)(O)OCC(O)COP(=O)(O)O. The summed E-state index contributed by atoms with van der Waals surface area (Å²) >= 11 is 0. The summed E-state index contributed by atoms with van der Waals surface area (Å²) in [7, 11) is -24.7. The highest BCUT2D eigenvalue weighted by molar-refractivity contribution is 7.48. The number of hydrogen-bond donors (Lipinski definition) is 11. The third-order valence-electron chi connectivity index (χ3n) is 3.45. The van der Waals surface area contributed by atoms with E-state index in [9.17, 15) is 57.9 Å². The van der Waals surface area contributed by atoms with E-state index in [0.29, 0.717) is 0 Å². The number of aliphatic hydroxyl groups excluding tert-OH is 4. The van der Waals surface area contributed by atoms with Gasteiger partial charge in [-0.3, -0.25) is 36.2 Å². The average molecular weight is 714 g/mol. The molecule has 6 atom stereocenters. The molecule has 0 fully saturated rings. The molecule has 0 heterocycles. The number of phosphoric acid groups is 5. The van der Waals surface area contributed by atoms with Gasteiger partial charge < -0.3 is 54.7 Å². The summed E-state index contributed by atoms with van der Waals surface area (Å²) in [6.07, 6.45) is -7.21. The van der Waals surface area contributed by atoms with Gasteiger partial charge in [0.05, 0.1) is 52.9 Å². The van der Waals surface area contributed by atoms with Crippen molar-refractivity contribution >= 4 is 39.1 Å². The Bertz CT molecular complexity index is 920. The zero-order valence-corrected chi connectivity index (χ0v) is 24.9. The predicted octanol–water partition coefficient (Wildman–Crippen LogP) is -2.95. The fraction of sp³-hybridized carbons (Fsp3) is 1.00. The molecule has 24 nitrogen and oxygen atoms in total. The first kappa shape index (κ1) is 41.4. The molecule has 0 spiro atoms. The molecule has 0 aliphatic rings. The van der Waals surface area contributed by atoms with Crippen LogP contribution in [0.1, 0.15) is 0 Å². The van der Waals surface area contributed by atoms with Crippen LogP contribution in [0.2, 0.25) is 0 Å². The van der Waals surface area contributed by atoms with Crippen LogP contribution < -0.4 is 0 Å². The second-order valence-corrected chi connectivity index (χ2v) is 14.2. The molecule has 0 saturated carbocycles. The molecular formula is C12H31O24P5. The first-order valence-corrected chi connectivity index (χ1v) is 17.9. The van der Waals surface area contributed by atoms with E-state index < -0.39 is 116 Å². The molecule has 0 bridgehead atoms. The van der Waals surface area contributed by atoms with Gasteiger partial charge in [-0.05, 0) is 0 Å². The van der Waals surface area contributed by atoms with Gasteiger partial charge in [-0.1, -0.05) is 0 Å². The fourth-order valence-electron chi connectivity index (χ4n) is 1.75. The first-order chi connectivity index (χ1) is 18.4. The topological polar surface area (TPSA) is 382 Å². The maximum Gasteiger partial charge on any atom is 0.472 e. The molecule has 0 rings (SSSR count). The van der Waals surface area contributed by atoms with Gasteiger partial charge >= 0.3 is 39.1 Å². The Balaban J connectivity index is 4.33. The van der Waals surface area contributed by atoms with Gasteiger partial charge in [0, 0.05) is 0 Å². The quantitative estimate of drug-likeness (QED) is 0.0445. The van der Waals surface area contributed by atoms with E-state index in [0.717, 1.165) is 0 Å². The normalized spacial score (nSPS) is 20.4. The molecule has 29 heteroatoms. The molecule has 0 aromatic heterocycles. The Labute approximate surface area is 230 Å². The van der Waals surface area contributed by atoms with Crippen LogP contribution in [0.4, 0.5) is 0 Å². The van der Waals surface area contributed by atoms with Crippen molar-refractivity contribution in [3.05, 3.63) is 0 Å². The number of aliphatic hydroxyl groups is 4. The van der Waals surface area contributed by atoms with Gasteiger partial charge in [-0.25, -0.2) is 22.8 Å². The zero-order valence-electron chi connectivity index (χ0n) is 20.4. The maximum atomic E-state index is 11.8. The Morgan fingerprint density at radius 3 is 0.634 bits per heavy atom. The summed E-state index contributed by atoms with van der Waals surface area (Å²) in [6.45, 7) is -8.08. The van der Waals surface area contributed by atoms with Crippen LogP contribution in [0, 0.1) is 0 Å². The molecule has 0 aliphatic carbocycles. The molecule has 6 unspecified atom stereocenters. The minimum atomic E-state index is -5.00. The van der Waals surface area contributed by atoms with E-state index in [1.165, 1.54) is 0 Å². The van der Waals surface area contributed by atoms with Gasteiger partial charge in [0.2, 0.25) is 0 Å². The van der Waals surface area contributed by atoms with E-state index in [1.54, 1.807) is 0 Å². The summed E-state index contributed by atoms with van der Waals surface area (Å²) in [5, 5.41) is 38.0. The standard InChI is InChI=1S/C12H31O24P5/c13-9(1-29-37(17,18)19)3-31-39(23,24)33-5-11(15)7-35-41(27,28)36-8-12(16)6-34-40(25,26)32-4-10(14)2-30-38(20,21)22/h9-16H,1-8H2,(H,23,24)(H,25,26)(H,27,28)(H2,17,18,19)(H2,20,21,22). The lowest BCUT2D eigenvalue weighted by Crippen LogP contribution is -2.24. The molecule has 41 heavy (non-hydrogen) atoms. The molecule has 0 aromatic rings. The zero-order chi connectivity index (χ0) is 32.1. The van der Waals surface area contributed by atoms with Crippen molar-refractivity contribution < 1.29 is 114 Å². The van der Waals surface area contributed by atoms with Crippen molar-refractivity contribution in [2.45, 2.75) is 24.4 Å². The minimum absolute atomic E-state index is 0.968. The van der Waals surface area contributed by atoms with Crippen LogP contribution >= 0.6 is 39.1 Å². The first-order valence-electron chi connectivity index (χ1n) is 10.4. The van der Waals surface area contributed by atoms with Crippen molar-refractivity contribution in [2.24, 2.45) is 0 Å². The van der Waals surface area contributed by atoms with Crippen molar-refractivity contribution in [1.82, 2.24) is 0 Å². The molecule has 0 radical (unpaired) electrons. The Morgan fingerprint density at radius 2 is 0.488 bits per heavy atom. The highest BCUT2D eigenvalue weighted by Gasteiger charge is 2.30.